The predicted molar refractivity (Wildman–Crippen MR) is 67.2 cm³/mol. The standard InChI is InChI=1S/C13H23NO4/c1-9(10-4-5-18-8-10)14-11(15)6-13(2,3)7-12(16)17/h9-10H,4-8H2,1-3H3,(H,14,15)(H,16,17). The zero-order valence-electron chi connectivity index (χ0n) is 11.4. The van der Waals surface area contributed by atoms with Crippen molar-refractivity contribution in [3.63, 3.8) is 0 Å². The first kappa shape index (κ1) is 15.0. The quantitative estimate of drug-likeness (QED) is 0.754. The molecule has 1 amide bonds. The van der Waals surface area contributed by atoms with E-state index in [0.29, 0.717) is 12.5 Å². The molecule has 0 spiro atoms. The van der Waals surface area contributed by atoms with Gasteiger partial charge in [-0.05, 0) is 18.8 Å². The van der Waals surface area contributed by atoms with Crippen LogP contribution in [0.15, 0.2) is 0 Å². The van der Waals surface area contributed by atoms with E-state index in [1.807, 2.05) is 6.92 Å². The van der Waals surface area contributed by atoms with Gasteiger partial charge >= 0.3 is 5.97 Å². The molecule has 0 bridgehead atoms. The highest BCUT2D eigenvalue weighted by molar-refractivity contribution is 5.78. The van der Waals surface area contributed by atoms with Gasteiger partial charge in [0.25, 0.3) is 0 Å². The van der Waals surface area contributed by atoms with E-state index in [2.05, 4.69) is 5.32 Å². The third-order valence-electron chi connectivity index (χ3n) is 3.33. The number of carboxylic acids is 1. The molecule has 0 aliphatic carbocycles. The first-order chi connectivity index (χ1) is 8.30. The summed E-state index contributed by atoms with van der Waals surface area (Å²) in [5, 5.41) is 11.7. The maximum Gasteiger partial charge on any atom is 0.303 e. The first-order valence-corrected chi connectivity index (χ1v) is 6.39. The second-order valence-corrected chi connectivity index (χ2v) is 5.89. The number of aliphatic carboxylic acids is 1. The van der Waals surface area contributed by atoms with Crippen LogP contribution >= 0.6 is 0 Å². The molecule has 5 heteroatoms. The predicted octanol–water partition coefficient (Wildman–Crippen LogP) is 1.42. The topological polar surface area (TPSA) is 75.6 Å². The molecule has 1 aliphatic heterocycles. The van der Waals surface area contributed by atoms with Crippen molar-refractivity contribution in [2.24, 2.45) is 11.3 Å². The van der Waals surface area contributed by atoms with Gasteiger partial charge < -0.3 is 15.2 Å². The second-order valence-electron chi connectivity index (χ2n) is 5.89. The minimum Gasteiger partial charge on any atom is -0.481 e. The van der Waals surface area contributed by atoms with E-state index < -0.39 is 11.4 Å². The molecule has 18 heavy (non-hydrogen) atoms. The molecule has 1 fully saturated rings. The Morgan fingerprint density at radius 3 is 2.61 bits per heavy atom. The minimum atomic E-state index is -0.870. The van der Waals surface area contributed by atoms with Crippen LogP contribution in [0.25, 0.3) is 0 Å². The lowest BCUT2D eigenvalue weighted by atomic mass is 9.85. The van der Waals surface area contributed by atoms with Gasteiger partial charge in [-0.25, -0.2) is 0 Å². The van der Waals surface area contributed by atoms with Crippen molar-refractivity contribution in [2.75, 3.05) is 13.2 Å². The Balaban J connectivity index is 2.38. The van der Waals surface area contributed by atoms with Crippen LogP contribution in [0.4, 0.5) is 0 Å². The molecule has 0 aromatic rings. The summed E-state index contributed by atoms with van der Waals surface area (Å²) in [5.41, 5.74) is -0.512. The Morgan fingerprint density at radius 2 is 2.11 bits per heavy atom. The number of ether oxygens (including phenoxy) is 1. The summed E-state index contributed by atoms with van der Waals surface area (Å²) >= 11 is 0. The van der Waals surface area contributed by atoms with Crippen LogP contribution in [0, 0.1) is 11.3 Å². The van der Waals surface area contributed by atoms with Crippen LogP contribution in [0.2, 0.25) is 0 Å². The molecule has 5 nitrogen and oxygen atoms in total. The number of carbonyl (C=O) groups excluding carboxylic acids is 1. The van der Waals surface area contributed by atoms with Crippen molar-refractivity contribution in [1.29, 1.82) is 0 Å². The smallest absolute Gasteiger partial charge is 0.303 e. The summed E-state index contributed by atoms with van der Waals surface area (Å²) in [6, 6.07) is 0.0839. The Kier molecular flexibility index (Phi) is 5.14. The largest absolute Gasteiger partial charge is 0.481 e. The zero-order chi connectivity index (χ0) is 13.8. The molecular formula is C13H23NO4. The van der Waals surface area contributed by atoms with Gasteiger partial charge in [-0.3, -0.25) is 9.59 Å². The SMILES string of the molecule is CC(NC(=O)CC(C)(C)CC(=O)O)C1CCOC1. The average Bonchev–Trinajstić information content (AvgIpc) is 2.65. The molecule has 0 radical (unpaired) electrons. The number of rotatable bonds is 6. The van der Waals surface area contributed by atoms with E-state index in [-0.39, 0.29) is 24.8 Å². The molecule has 1 aliphatic rings. The van der Waals surface area contributed by atoms with Gasteiger partial charge in [0.1, 0.15) is 0 Å². The highest BCUT2D eigenvalue weighted by Crippen LogP contribution is 2.25. The maximum absolute atomic E-state index is 11.9. The molecule has 0 aromatic carbocycles. The first-order valence-electron chi connectivity index (χ1n) is 6.39. The summed E-state index contributed by atoms with van der Waals surface area (Å²) in [4.78, 5) is 22.5. The summed E-state index contributed by atoms with van der Waals surface area (Å²) < 4.78 is 5.28. The van der Waals surface area contributed by atoms with Gasteiger partial charge in [-0.15, -0.1) is 0 Å². The van der Waals surface area contributed by atoms with Gasteiger partial charge in [0.2, 0.25) is 5.91 Å². The zero-order valence-corrected chi connectivity index (χ0v) is 11.4. The van der Waals surface area contributed by atoms with Crippen LogP contribution in [0.1, 0.15) is 40.0 Å². The minimum absolute atomic E-state index is 0.00133. The molecule has 2 unspecified atom stereocenters. The molecule has 0 saturated carbocycles. The van der Waals surface area contributed by atoms with Crippen molar-refractivity contribution in [1.82, 2.24) is 5.32 Å². The Labute approximate surface area is 108 Å². The number of carbonyl (C=O) groups is 2. The fraction of sp³-hybridized carbons (Fsp3) is 0.846. The number of amides is 1. The fourth-order valence-electron chi connectivity index (χ4n) is 2.28. The van der Waals surface area contributed by atoms with Crippen molar-refractivity contribution in [3.8, 4) is 0 Å². The van der Waals surface area contributed by atoms with E-state index >= 15 is 0 Å². The average molecular weight is 257 g/mol. The number of hydrogen-bond acceptors (Lipinski definition) is 3. The lowest BCUT2D eigenvalue weighted by Gasteiger charge is -2.24. The summed E-state index contributed by atoms with van der Waals surface area (Å²) in [6.45, 7) is 7.02. The molecule has 0 aromatic heterocycles. The Morgan fingerprint density at radius 1 is 1.44 bits per heavy atom. The second kappa shape index (κ2) is 6.18. The van der Waals surface area contributed by atoms with Crippen LogP contribution < -0.4 is 5.32 Å². The van der Waals surface area contributed by atoms with Crippen molar-refractivity contribution in [2.45, 2.75) is 46.1 Å². The Bertz CT molecular complexity index is 308. The number of nitrogens with one attached hydrogen (secondary N) is 1. The van der Waals surface area contributed by atoms with Gasteiger partial charge in [0, 0.05) is 25.0 Å². The molecular weight excluding hydrogens is 234 g/mol. The third-order valence-corrected chi connectivity index (χ3v) is 3.33. The van der Waals surface area contributed by atoms with Crippen LogP contribution in [-0.2, 0) is 14.3 Å². The van der Waals surface area contributed by atoms with E-state index in [4.69, 9.17) is 9.84 Å². The molecule has 2 N–H and O–H groups in total. The van der Waals surface area contributed by atoms with E-state index in [1.54, 1.807) is 13.8 Å². The van der Waals surface area contributed by atoms with Crippen molar-refractivity contribution >= 4 is 11.9 Å². The Hall–Kier alpha value is -1.10. The van der Waals surface area contributed by atoms with Crippen LogP contribution in [0.3, 0.4) is 0 Å². The maximum atomic E-state index is 11.9. The van der Waals surface area contributed by atoms with Gasteiger partial charge in [-0.1, -0.05) is 13.8 Å². The molecule has 1 heterocycles. The highest BCUT2D eigenvalue weighted by atomic mass is 16.5. The summed E-state index contributed by atoms with van der Waals surface area (Å²) in [6.07, 6.45) is 1.21. The normalized spacial score (nSPS) is 21.6. The molecule has 1 rings (SSSR count). The van der Waals surface area contributed by atoms with Crippen molar-refractivity contribution in [3.05, 3.63) is 0 Å². The van der Waals surface area contributed by atoms with Gasteiger partial charge in [0.05, 0.1) is 13.0 Å². The summed E-state index contributed by atoms with van der Waals surface area (Å²) in [7, 11) is 0. The number of carboxylic acid groups (broad SMARTS) is 1. The lowest BCUT2D eigenvalue weighted by molar-refractivity contribution is -0.139. The molecule has 1 saturated heterocycles. The summed E-state index contributed by atoms with van der Waals surface area (Å²) in [5.74, 6) is -0.581. The van der Waals surface area contributed by atoms with E-state index in [1.165, 1.54) is 0 Å². The number of hydrogen-bond donors (Lipinski definition) is 2. The van der Waals surface area contributed by atoms with Gasteiger partial charge in [-0.2, -0.15) is 0 Å². The van der Waals surface area contributed by atoms with E-state index in [9.17, 15) is 9.59 Å². The monoisotopic (exact) mass is 257 g/mol. The lowest BCUT2D eigenvalue weighted by Crippen LogP contribution is -2.40. The van der Waals surface area contributed by atoms with Crippen LogP contribution in [0.5, 0.6) is 0 Å². The van der Waals surface area contributed by atoms with Gasteiger partial charge in [0.15, 0.2) is 0 Å². The highest BCUT2D eigenvalue weighted by Gasteiger charge is 2.28. The van der Waals surface area contributed by atoms with Crippen LogP contribution in [-0.4, -0.2) is 36.2 Å². The fourth-order valence-corrected chi connectivity index (χ4v) is 2.28. The van der Waals surface area contributed by atoms with E-state index in [0.717, 1.165) is 13.0 Å². The van der Waals surface area contributed by atoms with Crippen molar-refractivity contribution < 1.29 is 19.4 Å². The molecule has 2 atom stereocenters. The molecule has 104 valence electrons. The third kappa shape index (κ3) is 5.04.